The molecule has 0 saturated carbocycles. The van der Waals surface area contributed by atoms with Crippen LogP contribution in [-0.2, 0) is 6.61 Å². The van der Waals surface area contributed by atoms with Gasteiger partial charge in [0.15, 0.2) is 17.4 Å². The van der Waals surface area contributed by atoms with Gasteiger partial charge in [0, 0.05) is 18.4 Å². The van der Waals surface area contributed by atoms with E-state index >= 15 is 0 Å². The number of carbonyl (C=O) groups excluding carboxylic acids is 1. The van der Waals surface area contributed by atoms with E-state index in [2.05, 4.69) is 5.10 Å². The van der Waals surface area contributed by atoms with Crippen LogP contribution in [0.15, 0.2) is 48.5 Å². The number of fused-ring (bicyclic) bond motifs is 1. The highest BCUT2D eigenvalue weighted by molar-refractivity contribution is 6.04. The Labute approximate surface area is 198 Å². The zero-order valence-electron chi connectivity index (χ0n) is 19.0. The highest BCUT2D eigenvalue weighted by Crippen LogP contribution is 2.29. The molecule has 5 nitrogen and oxygen atoms in total. The first kappa shape index (κ1) is 24.4. The lowest BCUT2D eigenvalue weighted by atomic mass is 9.91. The van der Waals surface area contributed by atoms with E-state index in [1.807, 2.05) is 0 Å². The minimum atomic E-state index is -1.34. The van der Waals surface area contributed by atoms with Gasteiger partial charge in [0.2, 0.25) is 5.88 Å². The molecule has 9 heteroatoms. The first-order chi connectivity index (χ1) is 16.7. The van der Waals surface area contributed by atoms with Gasteiger partial charge in [0.1, 0.15) is 18.2 Å². The second kappa shape index (κ2) is 9.87. The van der Waals surface area contributed by atoms with Gasteiger partial charge in [-0.1, -0.05) is 12.1 Å². The van der Waals surface area contributed by atoms with Crippen LogP contribution < -0.4 is 4.74 Å². The zero-order valence-corrected chi connectivity index (χ0v) is 19.0. The molecule has 4 rings (SSSR count). The number of pyridine rings is 1. The molecule has 4 aromatic rings. The molecule has 0 radical (unpaired) electrons. The van der Waals surface area contributed by atoms with Crippen molar-refractivity contribution in [3.63, 3.8) is 0 Å². The number of carbonyl (C=O) groups is 1. The molecule has 0 spiro atoms. The van der Waals surface area contributed by atoms with E-state index in [1.54, 1.807) is 26.0 Å². The monoisotopic (exact) mass is 486 g/mol. The quantitative estimate of drug-likeness (QED) is 0.205. The lowest BCUT2D eigenvalue weighted by molar-refractivity contribution is 0.0961. The molecule has 0 bridgehead atoms. The largest absolute Gasteiger partial charge is 0.473 e. The Bertz CT molecular complexity index is 1400. The van der Waals surface area contributed by atoms with Crippen LogP contribution in [0, 0.1) is 37.1 Å². The molecule has 2 heterocycles. The zero-order chi connectivity index (χ0) is 25.3. The molecule has 0 amide bonds. The first-order valence-electron chi connectivity index (χ1n) is 10.8. The van der Waals surface area contributed by atoms with Crippen molar-refractivity contribution in [3.05, 3.63) is 99.7 Å². The Morgan fingerprint density at radius 3 is 2.40 bits per heavy atom. The number of aromatic nitrogens is 2. The highest BCUT2D eigenvalue weighted by Gasteiger charge is 2.24. The van der Waals surface area contributed by atoms with Crippen molar-refractivity contribution in [2.45, 2.75) is 32.8 Å². The SMILES string of the molecule is Cc1cc(OCc2c(F)ccc(F)c2F)n2nc(C)c(C(=O)CC(CO)c3ccc(F)cc3)c2c1. The summed E-state index contributed by atoms with van der Waals surface area (Å²) >= 11 is 0. The smallest absolute Gasteiger partial charge is 0.215 e. The van der Waals surface area contributed by atoms with Crippen LogP contribution in [0.25, 0.3) is 5.52 Å². The Balaban J connectivity index is 1.65. The maximum Gasteiger partial charge on any atom is 0.215 e. The number of aliphatic hydroxyl groups is 1. The summed E-state index contributed by atoms with van der Waals surface area (Å²) in [4.78, 5) is 13.3. The maximum absolute atomic E-state index is 14.0. The van der Waals surface area contributed by atoms with Crippen LogP contribution in [-0.4, -0.2) is 27.1 Å². The minimum Gasteiger partial charge on any atom is -0.473 e. The normalized spacial score (nSPS) is 12.2. The van der Waals surface area contributed by atoms with Crippen molar-refractivity contribution >= 4 is 11.3 Å². The van der Waals surface area contributed by atoms with Crippen molar-refractivity contribution in [1.82, 2.24) is 9.61 Å². The molecular weight excluding hydrogens is 464 g/mol. The molecule has 2 aromatic carbocycles. The number of nitrogens with zero attached hydrogens (tertiary/aromatic N) is 2. The van der Waals surface area contributed by atoms with E-state index in [0.29, 0.717) is 34.0 Å². The van der Waals surface area contributed by atoms with Crippen LogP contribution in [0.4, 0.5) is 17.6 Å². The lowest BCUT2D eigenvalue weighted by Crippen LogP contribution is -2.12. The topological polar surface area (TPSA) is 63.8 Å². The summed E-state index contributed by atoms with van der Waals surface area (Å²) in [6.45, 7) is 2.49. The van der Waals surface area contributed by atoms with Crippen LogP contribution in [0.3, 0.4) is 0 Å². The number of rotatable bonds is 8. The number of ketones is 1. The lowest BCUT2D eigenvalue weighted by Gasteiger charge is -2.14. The molecule has 0 aliphatic rings. The summed E-state index contributed by atoms with van der Waals surface area (Å²) in [5.74, 6) is -4.62. The number of hydrogen-bond acceptors (Lipinski definition) is 4. The summed E-state index contributed by atoms with van der Waals surface area (Å²) in [6, 6.07) is 10.4. The van der Waals surface area contributed by atoms with Crippen molar-refractivity contribution in [3.8, 4) is 5.88 Å². The molecule has 1 atom stereocenters. The molecule has 1 N–H and O–H groups in total. The van der Waals surface area contributed by atoms with E-state index in [9.17, 15) is 27.5 Å². The number of aliphatic hydroxyl groups excluding tert-OH is 1. The van der Waals surface area contributed by atoms with Gasteiger partial charge in [0.05, 0.1) is 28.9 Å². The number of halogens is 4. The molecule has 0 aliphatic carbocycles. The van der Waals surface area contributed by atoms with E-state index in [1.165, 1.54) is 28.8 Å². The van der Waals surface area contributed by atoms with E-state index in [-0.39, 0.29) is 24.7 Å². The van der Waals surface area contributed by atoms with Crippen molar-refractivity contribution in [2.24, 2.45) is 0 Å². The summed E-state index contributed by atoms with van der Waals surface area (Å²) in [5.41, 5.74) is 1.87. The van der Waals surface area contributed by atoms with Crippen molar-refractivity contribution < 1.29 is 32.2 Å². The molecule has 0 saturated heterocycles. The third kappa shape index (κ3) is 4.90. The average Bonchev–Trinajstić information content (AvgIpc) is 3.16. The standard InChI is InChI=1S/C26H22F4N2O3/c1-14-9-22-25(23(34)11-17(12-33)16-3-5-18(27)6-4-16)15(2)31-32(22)24(10-14)35-13-19-20(28)7-8-21(29)26(19)30/h3-10,17,33H,11-13H2,1-2H3. The predicted molar refractivity (Wildman–Crippen MR) is 120 cm³/mol. The van der Waals surface area contributed by atoms with Gasteiger partial charge in [-0.15, -0.1) is 0 Å². The second-order valence-corrected chi connectivity index (χ2v) is 8.30. The fraction of sp³-hybridized carbons (Fsp3) is 0.231. The Hall–Kier alpha value is -3.72. The summed E-state index contributed by atoms with van der Waals surface area (Å²) in [7, 11) is 0. The Kier molecular flexibility index (Phi) is 6.88. The average molecular weight is 486 g/mol. The van der Waals surface area contributed by atoms with Gasteiger partial charge < -0.3 is 9.84 Å². The van der Waals surface area contributed by atoms with Crippen LogP contribution in [0.2, 0.25) is 0 Å². The summed E-state index contributed by atoms with van der Waals surface area (Å²) < 4.78 is 61.8. The molecule has 182 valence electrons. The Morgan fingerprint density at radius 1 is 1.03 bits per heavy atom. The third-order valence-corrected chi connectivity index (χ3v) is 5.80. The maximum atomic E-state index is 14.0. The number of hydrogen-bond donors (Lipinski definition) is 1. The first-order valence-corrected chi connectivity index (χ1v) is 10.8. The fourth-order valence-corrected chi connectivity index (χ4v) is 4.00. The number of benzene rings is 2. The summed E-state index contributed by atoms with van der Waals surface area (Å²) in [5, 5.41) is 14.2. The van der Waals surface area contributed by atoms with Crippen LogP contribution >= 0.6 is 0 Å². The highest BCUT2D eigenvalue weighted by atomic mass is 19.2. The molecule has 0 fully saturated rings. The second-order valence-electron chi connectivity index (χ2n) is 8.30. The van der Waals surface area contributed by atoms with Gasteiger partial charge in [-0.2, -0.15) is 5.10 Å². The third-order valence-electron chi connectivity index (χ3n) is 5.80. The van der Waals surface area contributed by atoms with E-state index in [0.717, 1.165) is 6.07 Å². The van der Waals surface area contributed by atoms with Gasteiger partial charge in [-0.05, 0) is 55.3 Å². The summed E-state index contributed by atoms with van der Waals surface area (Å²) in [6.07, 6.45) is -0.0474. The van der Waals surface area contributed by atoms with Crippen molar-refractivity contribution in [1.29, 1.82) is 0 Å². The minimum absolute atomic E-state index is 0.0474. The van der Waals surface area contributed by atoms with Gasteiger partial charge in [-0.3, -0.25) is 4.79 Å². The number of ether oxygens (including phenoxy) is 1. The van der Waals surface area contributed by atoms with Crippen LogP contribution in [0.1, 0.15) is 45.1 Å². The molecule has 2 aromatic heterocycles. The van der Waals surface area contributed by atoms with E-state index in [4.69, 9.17) is 4.74 Å². The number of aryl methyl sites for hydroxylation is 2. The Morgan fingerprint density at radius 2 is 1.71 bits per heavy atom. The van der Waals surface area contributed by atoms with Gasteiger partial charge >= 0.3 is 0 Å². The molecular formula is C26H22F4N2O3. The molecule has 35 heavy (non-hydrogen) atoms. The predicted octanol–water partition coefficient (Wildman–Crippen LogP) is 5.44. The van der Waals surface area contributed by atoms with Gasteiger partial charge in [0.25, 0.3) is 0 Å². The molecule has 1 unspecified atom stereocenters. The van der Waals surface area contributed by atoms with E-state index < -0.39 is 41.4 Å². The number of Topliss-reactive ketones (excluding diaryl/α,β-unsaturated/α-hetero) is 1. The van der Waals surface area contributed by atoms with Crippen molar-refractivity contribution in [2.75, 3.05) is 6.61 Å². The van der Waals surface area contributed by atoms with Crippen LogP contribution in [0.5, 0.6) is 5.88 Å². The van der Waals surface area contributed by atoms with Gasteiger partial charge in [-0.25, -0.2) is 22.1 Å². The molecule has 0 aliphatic heterocycles. The fourth-order valence-electron chi connectivity index (χ4n) is 4.00.